The first-order valence-electron chi connectivity index (χ1n) is 19.2. The number of thiophene rings is 1. The summed E-state index contributed by atoms with van der Waals surface area (Å²) in [7, 11) is 0. The molecule has 56 heavy (non-hydrogen) atoms. The first-order valence-corrected chi connectivity index (χ1v) is 20.0. The Bertz CT molecular complexity index is 3240. The Balaban J connectivity index is 1.10. The Hall–Kier alpha value is -7.00. The van der Waals surface area contributed by atoms with Gasteiger partial charge in [-0.25, -0.2) is 0 Å². The summed E-state index contributed by atoms with van der Waals surface area (Å²) in [6.45, 7) is 0. The normalized spacial score (nSPS) is 11.6. The van der Waals surface area contributed by atoms with Gasteiger partial charge in [-0.15, -0.1) is 11.3 Å². The molecule has 2 heteroatoms. The molecule has 0 fully saturated rings. The van der Waals surface area contributed by atoms with Crippen LogP contribution in [0.4, 0.5) is 17.1 Å². The van der Waals surface area contributed by atoms with Gasteiger partial charge in [0.2, 0.25) is 0 Å². The van der Waals surface area contributed by atoms with E-state index in [-0.39, 0.29) is 0 Å². The molecular weight excluding hydrogens is 695 g/mol. The zero-order valence-corrected chi connectivity index (χ0v) is 31.4. The van der Waals surface area contributed by atoms with Crippen molar-refractivity contribution >= 4 is 80.9 Å². The molecule has 0 bridgehead atoms. The topological polar surface area (TPSA) is 3.24 Å². The van der Waals surface area contributed by atoms with Gasteiger partial charge >= 0.3 is 0 Å². The molecule has 1 nitrogen and oxygen atoms in total. The van der Waals surface area contributed by atoms with E-state index in [1.54, 1.807) is 0 Å². The SMILES string of the molecule is c1ccc(-c2cccc3cccc(-c4ccc(N(c5ccc6c(c5)sc5ccccc56)c5ccc(-c6cccc7ccccc67)c6ccccc56)cc4)c23)cc1. The van der Waals surface area contributed by atoms with Crippen molar-refractivity contribution in [1.29, 1.82) is 0 Å². The standard InChI is InChI=1S/C54H35NS/c1-2-13-37(14-3-1)43-23-11-17-39-18-12-24-44(54(39)43)38-27-29-40(30-28-38)55(41-31-32-50-49-22-8-9-26-52(49)56-53(50)35-41)51-34-33-47(46-20-6-7-21-48(46)51)45-25-10-16-36-15-4-5-19-42(36)45/h1-35H. The summed E-state index contributed by atoms with van der Waals surface area (Å²) in [6, 6.07) is 77.7. The molecule has 0 N–H and O–H groups in total. The van der Waals surface area contributed by atoms with E-state index in [0.717, 1.165) is 17.1 Å². The quantitative estimate of drug-likeness (QED) is 0.165. The molecule has 0 aliphatic heterocycles. The van der Waals surface area contributed by atoms with Crippen molar-refractivity contribution < 1.29 is 0 Å². The molecule has 262 valence electrons. The highest BCUT2D eigenvalue weighted by molar-refractivity contribution is 7.25. The number of anilines is 3. The van der Waals surface area contributed by atoms with Crippen LogP contribution < -0.4 is 4.90 Å². The molecule has 0 radical (unpaired) electrons. The van der Waals surface area contributed by atoms with Crippen LogP contribution in [-0.2, 0) is 0 Å². The molecule has 11 rings (SSSR count). The number of benzene rings is 10. The second-order valence-electron chi connectivity index (χ2n) is 14.4. The van der Waals surface area contributed by atoms with E-state index in [2.05, 4.69) is 217 Å². The second kappa shape index (κ2) is 13.4. The minimum absolute atomic E-state index is 1.11. The van der Waals surface area contributed by atoms with Crippen molar-refractivity contribution in [2.45, 2.75) is 0 Å². The number of hydrogen-bond acceptors (Lipinski definition) is 2. The molecule has 0 aliphatic rings. The molecule has 0 spiro atoms. The number of fused-ring (bicyclic) bond motifs is 6. The average Bonchev–Trinajstić information content (AvgIpc) is 3.64. The molecule has 11 aromatic rings. The van der Waals surface area contributed by atoms with Crippen molar-refractivity contribution in [1.82, 2.24) is 0 Å². The van der Waals surface area contributed by atoms with Crippen LogP contribution in [0.2, 0.25) is 0 Å². The molecule has 1 heterocycles. The summed E-state index contributed by atoms with van der Waals surface area (Å²) >= 11 is 1.86. The van der Waals surface area contributed by atoms with Crippen LogP contribution >= 0.6 is 11.3 Å². The van der Waals surface area contributed by atoms with Gasteiger partial charge < -0.3 is 4.90 Å². The van der Waals surface area contributed by atoms with Gasteiger partial charge in [0.25, 0.3) is 0 Å². The third kappa shape index (κ3) is 5.38. The van der Waals surface area contributed by atoms with Crippen LogP contribution in [0.5, 0.6) is 0 Å². The Labute approximate surface area is 330 Å². The molecule has 0 saturated carbocycles. The minimum atomic E-state index is 1.11. The third-order valence-electron chi connectivity index (χ3n) is 11.3. The minimum Gasteiger partial charge on any atom is -0.310 e. The van der Waals surface area contributed by atoms with Gasteiger partial charge in [-0.05, 0) is 96.7 Å². The van der Waals surface area contributed by atoms with E-state index in [1.165, 1.54) is 85.9 Å². The lowest BCUT2D eigenvalue weighted by atomic mass is 9.91. The Morgan fingerprint density at radius 1 is 0.304 bits per heavy atom. The number of rotatable bonds is 6. The lowest BCUT2D eigenvalue weighted by molar-refractivity contribution is 1.30. The Kier molecular flexibility index (Phi) is 7.75. The van der Waals surface area contributed by atoms with E-state index in [1.807, 2.05) is 11.3 Å². The van der Waals surface area contributed by atoms with Crippen LogP contribution in [0, 0.1) is 0 Å². The van der Waals surface area contributed by atoms with Crippen LogP contribution in [-0.4, -0.2) is 0 Å². The Morgan fingerprint density at radius 2 is 0.857 bits per heavy atom. The molecule has 0 unspecified atom stereocenters. The summed E-state index contributed by atoms with van der Waals surface area (Å²) in [4.78, 5) is 2.45. The molecule has 1 aromatic heterocycles. The van der Waals surface area contributed by atoms with Crippen LogP contribution in [0.1, 0.15) is 0 Å². The highest BCUT2D eigenvalue weighted by Crippen LogP contribution is 2.46. The van der Waals surface area contributed by atoms with E-state index in [0.29, 0.717) is 0 Å². The van der Waals surface area contributed by atoms with Gasteiger partial charge in [0, 0.05) is 36.9 Å². The van der Waals surface area contributed by atoms with Crippen LogP contribution in [0.3, 0.4) is 0 Å². The number of hydrogen-bond donors (Lipinski definition) is 0. The summed E-state index contributed by atoms with van der Waals surface area (Å²) in [5.74, 6) is 0. The van der Waals surface area contributed by atoms with E-state index >= 15 is 0 Å². The van der Waals surface area contributed by atoms with Crippen molar-refractivity contribution in [3.05, 3.63) is 212 Å². The molecule has 0 amide bonds. The van der Waals surface area contributed by atoms with Crippen molar-refractivity contribution in [2.75, 3.05) is 4.90 Å². The molecule has 10 aromatic carbocycles. The largest absolute Gasteiger partial charge is 0.310 e. The maximum Gasteiger partial charge on any atom is 0.0540 e. The lowest BCUT2D eigenvalue weighted by Gasteiger charge is -2.28. The summed E-state index contributed by atoms with van der Waals surface area (Å²) < 4.78 is 2.59. The summed E-state index contributed by atoms with van der Waals surface area (Å²) in [5.41, 5.74) is 10.8. The van der Waals surface area contributed by atoms with Crippen molar-refractivity contribution in [3.8, 4) is 33.4 Å². The van der Waals surface area contributed by atoms with Crippen molar-refractivity contribution in [3.63, 3.8) is 0 Å². The zero-order valence-electron chi connectivity index (χ0n) is 30.6. The summed E-state index contributed by atoms with van der Waals surface area (Å²) in [5, 5.41) is 10.1. The smallest absolute Gasteiger partial charge is 0.0540 e. The first kappa shape index (κ1) is 32.4. The van der Waals surface area contributed by atoms with Crippen LogP contribution in [0.15, 0.2) is 212 Å². The fourth-order valence-corrected chi connectivity index (χ4v) is 9.82. The van der Waals surface area contributed by atoms with Gasteiger partial charge in [-0.1, -0.05) is 176 Å². The molecule has 0 atom stereocenters. The highest BCUT2D eigenvalue weighted by Gasteiger charge is 2.20. The predicted molar refractivity (Wildman–Crippen MR) is 243 cm³/mol. The van der Waals surface area contributed by atoms with Gasteiger partial charge in [0.1, 0.15) is 0 Å². The zero-order chi connectivity index (χ0) is 37.0. The van der Waals surface area contributed by atoms with Gasteiger partial charge in [-0.2, -0.15) is 0 Å². The van der Waals surface area contributed by atoms with E-state index < -0.39 is 0 Å². The van der Waals surface area contributed by atoms with E-state index in [9.17, 15) is 0 Å². The second-order valence-corrected chi connectivity index (χ2v) is 15.5. The fraction of sp³-hybridized carbons (Fsp3) is 0. The fourth-order valence-electron chi connectivity index (χ4n) is 8.68. The lowest BCUT2D eigenvalue weighted by Crippen LogP contribution is -2.10. The molecule has 0 saturated heterocycles. The highest BCUT2D eigenvalue weighted by atomic mass is 32.1. The first-order chi connectivity index (χ1) is 27.8. The van der Waals surface area contributed by atoms with Gasteiger partial charge in [-0.3, -0.25) is 0 Å². The average molecular weight is 730 g/mol. The monoisotopic (exact) mass is 729 g/mol. The van der Waals surface area contributed by atoms with E-state index in [4.69, 9.17) is 0 Å². The van der Waals surface area contributed by atoms with Gasteiger partial charge in [0.15, 0.2) is 0 Å². The maximum absolute atomic E-state index is 2.45. The van der Waals surface area contributed by atoms with Crippen LogP contribution in [0.25, 0.3) is 85.9 Å². The molecule has 0 aliphatic carbocycles. The maximum atomic E-state index is 2.45. The number of nitrogens with zero attached hydrogens (tertiary/aromatic N) is 1. The van der Waals surface area contributed by atoms with Crippen molar-refractivity contribution in [2.24, 2.45) is 0 Å². The predicted octanol–water partition coefficient (Wildman–Crippen LogP) is 16.0. The Morgan fingerprint density at radius 3 is 1.64 bits per heavy atom. The van der Waals surface area contributed by atoms with Gasteiger partial charge in [0.05, 0.1) is 5.69 Å². The third-order valence-corrected chi connectivity index (χ3v) is 12.4. The molecular formula is C54H35NS. The summed E-state index contributed by atoms with van der Waals surface area (Å²) in [6.07, 6.45) is 0.